The maximum atomic E-state index is 13.7. The molecule has 6 heterocycles. The highest BCUT2D eigenvalue weighted by molar-refractivity contribution is 7.22. The molecule has 1 saturated carbocycles. The van der Waals surface area contributed by atoms with Crippen LogP contribution in [0.5, 0.6) is 5.75 Å². The number of carboxylic acids is 1. The molecule has 0 spiro atoms. The third-order valence-corrected chi connectivity index (χ3v) is 16.3. The molecule has 1 aliphatic carbocycles. The number of carboxylic acid groups (broad SMARTS) is 1. The van der Waals surface area contributed by atoms with E-state index in [-0.39, 0.29) is 35.4 Å². The number of hydrogen-bond acceptors (Lipinski definition) is 12. The minimum Gasteiger partial charge on any atom is -0.490 e. The summed E-state index contributed by atoms with van der Waals surface area (Å²) in [7, 11) is 2.04. The molecule has 4 aromatic carbocycles. The zero-order chi connectivity index (χ0) is 49.5. The Labute approximate surface area is 422 Å². The van der Waals surface area contributed by atoms with E-state index in [1.165, 1.54) is 24.2 Å². The molecule has 7 aromatic rings. The summed E-state index contributed by atoms with van der Waals surface area (Å²) >= 11 is 1.44. The van der Waals surface area contributed by atoms with Crippen molar-refractivity contribution in [1.29, 1.82) is 0 Å². The number of pyridine rings is 1. The first-order valence-corrected chi connectivity index (χ1v) is 26.2. The van der Waals surface area contributed by atoms with Gasteiger partial charge in [-0.15, -0.1) is 0 Å². The first kappa shape index (κ1) is 47.2. The van der Waals surface area contributed by atoms with E-state index >= 15 is 0 Å². The zero-order valence-corrected chi connectivity index (χ0v) is 41.5. The van der Waals surface area contributed by atoms with Crippen LogP contribution in [0, 0.1) is 12.8 Å². The van der Waals surface area contributed by atoms with Gasteiger partial charge in [-0.3, -0.25) is 29.9 Å². The van der Waals surface area contributed by atoms with Gasteiger partial charge in [0.2, 0.25) is 17.8 Å². The van der Waals surface area contributed by atoms with Gasteiger partial charge in [-0.2, -0.15) is 0 Å². The lowest BCUT2D eigenvalue weighted by molar-refractivity contribution is -0.134. The molecule has 4 aliphatic rings. The van der Waals surface area contributed by atoms with Gasteiger partial charge in [0.1, 0.15) is 11.6 Å². The van der Waals surface area contributed by atoms with E-state index < -0.39 is 5.97 Å². The van der Waals surface area contributed by atoms with E-state index in [1.807, 2.05) is 104 Å². The van der Waals surface area contributed by atoms with Gasteiger partial charge in [-0.1, -0.05) is 53.8 Å². The van der Waals surface area contributed by atoms with Crippen molar-refractivity contribution < 1.29 is 29.0 Å². The molecular formula is C56H59N9O6S. The van der Waals surface area contributed by atoms with Crippen LogP contribution in [0.25, 0.3) is 32.4 Å². The SMILES string of the molecule is Cc1c(OC2CCC(CCCN3CCN(c4nc5ccc(C6CCC(=O)NC6=O)cc5n4C)CC3)CC2)cccc1-c1ccc(N2CCc3cccc(C(=O)Nc4nc5ccccc5s4)c3C2)nc1C(=O)O. The number of carbonyl (C=O) groups excluding carboxylic acids is 3. The summed E-state index contributed by atoms with van der Waals surface area (Å²) in [6.07, 6.45) is 8.27. The van der Waals surface area contributed by atoms with Crippen molar-refractivity contribution in [2.75, 3.05) is 54.4 Å². The number of aryl methyl sites for hydroxylation is 1. The quantitative estimate of drug-likeness (QED) is 0.0937. The molecular weight excluding hydrogens is 927 g/mol. The molecule has 0 bridgehead atoms. The smallest absolute Gasteiger partial charge is 0.355 e. The predicted octanol–water partition coefficient (Wildman–Crippen LogP) is 9.13. The lowest BCUT2D eigenvalue weighted by Gasteiger charge is -2.35. The number of aromatic nitrogens is 4. The number of nitrogens with one attached hydrogen (secondary N) is 2. The highest BCUT2D eigenvalue weighted by Crippen LogP contribution is 2.38. The number of piperidine rings is 1. The number of imidazole rings is 1. The Morgan fingerprint density at radius 1 is 0.819 bits per heavy atom. The number of thiazole rings is 1. The Kier molecular flexibility index (Phi) is 13.2. The number of fused-ring (bicyclic) bond motifs is 3. The lowest BCUT2D eigenvalue weighted by atomic mass is 9.84. The van der Waals surface area contributed by atoms with Crippen molar-refractivity contribution in [3.63, 3.8) is 0 Å². The fraction of sp³-hybridized carbons (Fsp3) is 0.375. The number of imide groups is 1. The van der Waals surface area contributed by atoms with Crippen molar-refractivity contribution >= 4 is 73.2 Å². The number of amides is 3. The highest BCUT2D eigenvalue weighted by atomic mass is 32.1. The van der Waals surface area contributed by atoms with Crippen molar-refractivity contribution in [3.05, 3.63) is 125 Å². The third kappa shape index (κ3) is 9.64. The molecule has 11 rings (SSSR count). The fourth-order valence-electron chi connectivity index (χ4n) is 11.3. The molecule has 3 N–H and O–H groups in total. The van der Waals surface area contributed by atoms with Crippen molar-refractivity contribution in [2.45, 2.75) is 83.3 Å². The standard InChI is InChI=1S/C56H59N9O6S/c1-34-39(41-20-23-49(59-51(41)54(69)70)65-27-25-36-9-5-11-42(43(36)33-65)53(68)61-55-57-45-12-3-4-14-48(45)72-55)10-6-13-47(34)71-38-18-15-35(16-19-38)8-7-26-63-28-30-64(31-29-63)56-58-44-22-17-37(32-46(44)62(56)2)40-21-24-50(66)60-52(40)67/h3-6,9-14,17,20,22-23,32,35,38,40H,7-8,15-16,18-19,21,24-31,33H2,1-2H3,(H,69,70)(H,57,61,68)(H,60,66,67). The van der Waals surface area contributed by atoms with Crippen LogP contribution in [0.4, 0.5) is 16.9 Å². The van der Waals surface area contributed by atoms with Gasteiger partial charge in [0, 0.05) is 63.9 Å². The Hall–Kier alpha value is -7.17. The minimum atomic E-state index is -1.10. The number of piperazine rings is 1. The average molecular weight is 986 g/mol. The van der Waals surface area contributed by atoms with Gasteiger partial charge in [0.15, 0.2) is 10.8 Å². The lowest BCUT2D eigenvalue weighted by Crippen LogP contribution is -2.47. The number of benzene rings is 4. The van der Waals surface area contributed by atoms with E-state index in [0.717, 1.165) is 119 Å². The van der Waals surface area contributed by atoms with Gasteiger partial charge in [-0.05, 0) is 147 Å². The summed E-state index contributed by atoms with van der Waals surface area (Å²) in [5.41, 5.74) is 8.41. The van der Waals surface area contributed by atoms with Crippen LogP contribution in [0.3, 0.4) is 0 Å². The predicted molar refractivity (Wildman–Crippen MR) is 280 cm³/mol. The number of nitrogens with zero attached hydrogens (tertiary/aromatic N) is 7. The summed E-state index contributed by atoms with van der Waals surface area (Å²) in [4.78, 5) is 72.1. The van der Waals surface area contributed by atoms with Crippen LogP contribution in [-0.2, 0) is 29.6 Å². The van der Waals surface area contributed by atoms with Crippen LogP contribution in [-0.4, -0.2) is 98.6 Å². The van der Waals surface area contributed by atoms with Crippen LogP contribution in [0.1, 0.15) is 100 Å². The molecule has 1 atom stereocenters. The van der Waals surface area contributed by atoms with E-state index in [2.05, 4.69) is 36.1 Å². The summed E-state index contributed by atoms with van der Waals surface area (Å²) < 4.78 is 9.82. The maximum absolute atomic E-state index is 13.7. The molecule has 0 radical (unpaired) electrons. The number of para-hydroxylation sites is 1. The van der Waals surface area contributed by atoms with Crippen LogP contribution >= 0.6 is 11.3 Å². The van der Waals surface area contributed by atoms with E-state index in [1.54, 1.807) is 0 Å². The number of aromatic carboxylic acids is 1. The monoisotopic (exact) mass is 985 g/mol. The van der Waals surface area contributed by atoms with Crippen LogP contribution < -0.4 is 25.2 Å². The normalized spacial score (nSPS) is 19.6. The van der Waals surface area contributed by atoms with Crippen molar-refractivity contribution in [1.82, 2.24) is 29.7 Å². The number of hydrogen-bond donors (Lipinski definition) is 3. The van der Waals surface area contributed by atoms with Gasteiger partial charge in [0.25, 0.3) is 5.91 Å². The van der Waals surface area contributed by atoms with Crippen molar-refractivity contribution in [2.24, 2.45) is 13.0 Å². The van der Waals surface area contributed by atoms with E-state index in [4.69, 9.17) is 14.7 Å². The average Bonchev–Trinajstić information content (AvgIpc) is 3.96. The number of carbonyl (C=O) groups is 4. The summed E-state index contributed by atoms with van der Waals surface area (Å²) in [6, 6.07) is 29.2. The Morgan fingerprint density at radius 3 is 2.44 bits per heavy atom. The van der Waals surface area contributed by atoms with Gasteiger partial charge in [0.05, 0.1) is 33.3 Å². The van der Waals surface area contributed by atoms with E-state index in [0.29, 0.717) is 60.3 Å². The molecule has 3 amide bonds. The molecule has 2 saturated heterocycles. The van der Waals surface area contributed by atoms with Crippen molar-refractivity contribution in [3.8, 4) is 16.9 Å². The second kappa shape index (κ2) is 20.1. The summed E-state index contributed by atoms with van der Waals surface area (Å²) in [6.45, 7) is 7.92. The van der Waals surface area contributed by atoms with Crippen LogP contribution in [0.2, 0.25) is 0 Å². The summed E-state index contributed by atoms with van der Waals surface area (Å²) in [5, 5.41) is 16.6. The van der Waals surface area contributed by atoms with Crippen LogP contribution in [0.15, 0.2) is 91.0 Å². The fourth-order valence-corrected chi connectivity index (χ4v) is 12.2. The maximum Gasteiger partial charge on any atom is 0.355 e. The number of rotatable bonds is 13. The second-order valence-electron chi connectivity index (χ2n) is 19.8. The number of ether oxygens (including phenoxy) is 1. The molecule has 3 aliphatic heterocycles. The minimum absolute atomic E-state index is 0.0203. The molecule has 16 heteroatoms. The molecule has 3 fully saturated rings. The molecule has 370 valence electrons. The topological polar surface area (TPSA) is 175 Å². The molecule has 72 heavy (non-hydrogen) atoms. The van der Waals surface area contributed by atoms with Gasteiger partial charge < -0.3 is 24.2 Å². The summed E-state index contributed by atoms with van der Waals surface area (Å²) in [5.74, 6) is 0.874. The first-order chi connectivity index (χ1) is 35.0. The Morgan fingerprint density at radius 2 is 1.64 bits per heavy atom. The highest BCUT2D eigenvalue weighted by Gasteiger charge is 2.31. The molecule has 15 nitrogen and oxygen atoms in total. The zero-order valence-electron chi connectivity index (χ0n) is 40.7. The largest absolute Gasteiger partial charge is 0.490 e. The van der Waals surface area contributed by atoms with Gasteiger partial charge in [-0.25, -0.2) is 19.7 Å². The third-order valence-electron chi connectivity index (χ3n) is 15.4. The Bertz CT molecular complexity index is 3190. The second-order valence-corrected chi connectivity index (χ2v) is 20.8. The molecule has 3 aromatic heterocycles. The Balaban J connectivity index is 0.665. The number of anilines is 3. The van der Waals surface area contributed by atoms with Gasteiger partial charge >= 0.3 is 5.97 Å². The van der Waals surface area contributed by atoms with E-state index in [9.17, 15) is 24.3 Å². The molecule has 1 unspecified atom stereocenters. The first-order valence-electron chi connectivity index (χ1n) is 25.3.